The maximum atomic E-state index is 12.8. The van der Waals surface area contributed by atoms with E-state index in [2.05, 4.69) is 31.5 Å². The summed E-state index contributed by atoms with van der Waals surface area (Å²) in [6.07, 6.45) is 1.71. The summed E-state index contributed by atoms with van der Waals surface area (Å²) in [5, 5.41) is 6.62. The average Bonchev–Trinajstić information content (AvgIpc) is 2.85. The summed E-state index contributed by atoms with van der Waals surface area (Å²) in [5.74, 6) is 0.601. The zero-order chi connectivity index (χ0) is 22.8. The molecule has 3 aromatic carbocycles. The van der Waals surface area contributed by atoms with Gasteiger partial charge in [-0.25, -0.2) is 0 Å². The van der Waals surface area contributed by atoms with Crippen LogP contribution in [0.25, 0.3) is 10.9 Å². The van der Waals surface area contributed by atoms with Gasteiger partial charge in [-0.15, -0.1) is 0 Å². The largest absolute Gasteiger partial charge is 0.486 e. The van der Waals surface area contributed by atoms with Crippen LogP contribution in [0, 0.1) is 0 Å². The number of nitrogens with one attached hydrogen (secondary N) is 2. The minimum Gasteiger partial charge on any atom is -0.486 e. The molecule has 0 radical (unpaired) electrons. The lowest BCUT2D eigenvalue weighted by Gasteiger charge is -2.18. The van der Waals surface area contributed by atoms with Gasteiger partial charge in [0, 0.05) is 32.9 Å². The predicted molar refractivity (Wildman–Crippen MR) is 129 cm³/mol. The quantitative estimate of drug-likeness (QED) is 0.395. The third-order valence-electron chi connectivity index (χ3n) is 5.14. The van der Waals surface area contributed by atoms with Gasteiger partial charge in [0.2, 0.25) is 0 Å². The summed E-state index contributed by atoms with van der Waals surface area (Å²) >= 11 is 3.46. The molecule has 164 valence electrons. The highest BCUT2D eigenvalue weighted by Gasteiger charge is 2.16. The zero-order valence-electron chi connectivity index (χ0n) is 17.3. The number of hydrogen-bond acceptors (Lipinski definition) is 5. The van der Waals surface area contributed by atoms with Crippen LogP contribution in [-0.4, -0.2) is 30.0 Å². The third-order valence-corrected chi connectivity index (χ3v) is 5.83. The number of fused-ring (bicyclic) bond motifs is 2. The van der Waals surface area contributed by atoms with E-state index in [0.717, 1.165) is 10.9 Å². The van der Waals surface area contributed by atoms with E-state index < -0.39 is 0 Å². The highest BCUT2D eigenvalue weighted by molar-refractivity contribution is 9.10. The molecule has 0 unspecified atom stereocenters. The van der Waals surface area contributed by atoms with Crippen molar-refractivity contribution >= 4 is 50.0 Å². The maximum Gasteiger partial charge on any atom is 0.255 e. The lowest BCUT2D eigenvalue weighted by Crippen LogP contribution is -2.17. The second-order valence-corrected chi connectivity index (χ2v) is 8.23. The van der Waals surface area contributed by atoms with Crippen LogP contribution in [0.15, 0.2) is 77.4 Å². The SMILES string of the molecule is O=C(Nc1ccc(Br)c(NC(=O)c2ccc3ncccc3c2)c1)c1ccc2c(c1)OCCO2. The summed E-state index contributed by atoms with van der Waals surface area (Å²) in [6, 6.07) is 19.3. The first-order valence-electron chi connectivity index (χ1n) is 10.2. The fraction of sp³-hybridized carbons (Fsp3) is 0.0800. The Balaban J connectivity index is 1.33. The van der Waals surface area contributed by atoms with Crippen molar-refractivity contribution in [1.29, 1.82) is 0 Å². The van der Waals surface area contributed by atoms with Crippen molar-refractivity contribution in [2.45, 2.75) is 0 Å². The summed E-state index contributed by atoms with van der Waals surface area (Å²) < 4.78 is 11.7. The normalized spacial score (nSPS) is 12.3. The monoisotopic (exact) mass is 503 g/mol. The molecule has 2 N–H and O–H groups in total. The highest BCUT2D eigenvalue weighted by Crippen LogP contribution is 2.31. The number of halogens is 1. The average molecular weight is 504 g/mol. The molecule has 0 fully saturated rings. The van der Waals surface area contributed by atoms with Gasteiger partial charge >= 0.3 is 0 Å². The van der Waals surface area contributed by atoms with Crippen molar-refractivity contribution in [1.82, 2.24) is 4.98 Å². The van der Waals surface area contributed by atoms with Gasteiger partial charge in [0.05, 0.1) is 11.2 Å². The van der Waals surface area contributed by atoms with E-state index in [1.54, 1.807) is 54.7 Å². The first-order chi connectivity index (χ1) is 16.1. The number of carbonyl (C=O) groups is 2. The lowest BCUT2D eigenvalue weighted by atomic mass is 10.1. The maximum absolute atomic E-state index is 12.8. The van der Waals surface area contributed by atoms with Crippen LogP contribution >= 0.6 is 15.9 Å². The van der Waals surface area contributed by atoms with Gasteiger partial charge in [0.1, 0.15) is 13.2 Å². The number of nitrogens with zero attached hydrogens (tertiary/aromatic N) is 1. The molecule has 0 aliphatic carbocycles. The van der Waals surface area contributed by atoms with E-state index >= 15 is 0 Å². The lowest BCUT2D eigenvalue weighted by molar-refractivity contribution is 0.101. The van der Waals surface area contributed by atoms with Crippen LogP contribution in [0.3, 0.4) is 0 Å². The molecular formula is C25H18BrN3O4. The number of carbonyl (C=O) groups excluding carboxylic acids is 2. The van der Waals surface area contributed by atoms with E-state index in [1.807, 2.05) is 18.2 Å². The molecule has 0 saturated carbocycles. The fourth-order valence-corrected chi connectivity index (χ4v) is 3.84. The van der Waals surface area contributed by atoms with E-state index in [9.17, 15) is 9.59 Å². The first kappa shape index (κ1) is 21.0. The van der Waals surface area contributed by atoms with E-state index in [1.165, 1.54) is 0 Å². The van der Waals surface area contributed by atoms with Crippen molar-refractivity contribution in [2.75, 3.05) is 23.8 Å². The molecule has 5 rings (SSSR count). The molecular weight excluding hydrogens is 486 g/mol. The second-order valence-electron chi connectivity index (χ2n) is 7.37. The molecule has 7 nitrogen and oxygen atoms in total. The Kier molecular flexibility index (Phi) is 5.66. The number of benzene rings is 3. The number of amides is 2. The van der Waals surface area contributed by atoms with Crippen molar-refractivity contribution < 1.29 is 19.1 Å². The highest BCUT2D eigenvalue weighted by atomic mass is 79.9. The third kappa shape index (κ3) is 4.51. The topological polar surface area (TPSA) is 89.6 Å². The Labute approximate surface area is 197 Å². The molecule has 0 spiro atoms. The molecule has 2 amide bonds. The van der Waals surface area contributed by atoms with Crippen LogP contribution in [-0.2, 0) is 0 Å². The molecule has 0 saturated heterocycles. The van der Waals surface area contributed by atoms with Crippen molar-refractivity contribution in [2.24, 2.45) is 0 Å². The van der Waals surface area contributed by atoms with E-state index in [0.29, 0.717) is 51.7 Å². The minimum atomic E-state index is -0.298. The Bertz CT molecular complexity index is 1390. The smallest absolute Gasteiger partial charge is 0.255 e. The van der Waals surface area contributed by atoms with Gasteiger partial charge in [-0.2, -0.15) is 0 Å². The predicted octanol–water partition coefficient (Wildman–Crippen LogP) is 5.27. The molecule has 4 aromatic rings. The Morgan fingerprint density at radius 1 is 0.818 bits per heavy atom. The molecule has 2 heterocycles. The van der Waals surface area contributed by atoms with Crippen LogP contribution in [0.5, 0.6) is 11.5 Å². The van der Waals surface area contributed by atoms with E-state index in [-0.39, 0.29) is 11.8 Å². The van der Waals surface area contributed by atoms with E-state index in [4.69, 9.17) is 9.47 Å². The molecule has 1 aliphatic heterocycles. The second kappa shape index (κ2) is 8.91. The van der Waals surface area contributed by atoms with Crippen LogP contribution in [0.4, 0.5) is 11.4 Å². The zero-order valence-corrected chi connectivity index (χ0v) is 18.9. The van der Waals surface area contributed by atoms with Gasteiger partial charge in [-0.05, 0) is 76.6 Å². The van der Waals surface area contributed by atoms with Crippen molar-refractivity contribution in [3.63, 3.8) is 0 Å². The molecule has 1 aromatic heterocycles. The van der Waals surface area contributed by atoms with Crippen LogP contribution < -0.4 is 20.1 Å². The van der Waals surface area contributed by atoms with Crippen molar-refractivity contribution in [3.05, 3.63) is 88.5 Å². The van der Waals surface area contributed by atoms with Gasteiger partial charge in [0.15, 0.2) is 11.5 Å². The molecule has 33 heavy (non-hydrogen) atoms. The van der Waals surface area contributed by atoms with Crippen LogP contribution in [0.2, 0.25) is 0 Å². The molecule has 8 heteroatoms. The fourth-order valence-electron chi connectivity index (χ4n) is 3.50. The minimum absolute atomic E-state index is 0.267. The van der Waals surface area contributed by atoms with Crippen LogP contribution in [0.1, 0.15) is 20.7 Å². The number of ether oxygens (including phenoxy) is 2. The van der Waals surface area contributed by atoms with Gasteiger partial charge in [0.25, 0.3) is 11.8 Å². The molecule has 1 aliphatic rings. The number of pyridine rings is 1. The summed E-state index contributed by atoms with van der Waals surface area (Å²) in [4.78, 5) is 29.9. The summed E-state index contributed by atoms with van der Waals surface area (Å²) in [6.45, 7) is 0.934. The summed E-state index contributed by atoms with van der Waals surface area (Å²) in [7, 11) is 0. The number of aromatic nitrogens is 1. The van der Waals surface area contributed by atoms with Gasteiger partial charge < -0.3 is 20.1 Å². The summed E-state index contributed by atoms with van der Waals surface area (Å²) in [5.41, 5.74) is 2.84. The van der Waals surface area contributed by atoms with Gasteiger partial charge in [-0.3, -0.25) is 14.6 Å². The standard InChI is InChI=1S/C25H18BrN3O4/c26-19-6-5-18(28-24(30)17-4-8-22-23(13-17)33-11-10-32-22)14-21(19)29-25(31)16-3-7-20-15(12-16)2-1-9-27-20/h1-9,12-14H,10-11H2,(H,28,30)(H,29,31). The molecule has 0 atom stereocenters. The van der Waals surface area contributed by atoms with Gasteiger partial charge in [-0.1, -0.05) is 6.07 Å². The number of rotatable bonds is 4. The molecule has 0 bridgehead atoms. The Morgan fingerprint density at radius 2 is 1.58 bits per heavy atom. The Hall–Kier alpha value is -3.91. The Morgan fingerprint density at radius 3 is 2.45 bits per heavy atom. The number of anilines is 2. The van der Waals surface area contributed by atoms with Crippen molar-refractivity contribution in [3.8, 4) is 11.5 Å². The number of hydrogen-bond donors (Lipinski definition) is 2. The first-order valence-corrected chi connectivity index (χ1v) is 11.0.